The van der Waals surface area contributed by atoms with E-state index in [0.29, 0.717) is 43.3 Å². The Morgan fingerprint density at radius 3 is 2.84 bits per heavy atom. The quantitative estimate of drug-likeness (QED) is 0.813. The number of carbonyl (C=O) groups is 2. The Hall–Kier alpha value is -1.92. The number of carboxylic acids is 1. The zero-order chi connectivity index (χ0) is 17.8. The molecule has 7 heteroatoms. The van der Waals surface area contributed by atoms with Gasteiger partial charge in [0.1, 0.15) is 6.04 Å². The van der Waals surface area contributed by atoms with Crippen molar-refractivity contribution in [1.82, 2.24) is 15.0 Å². The molecule has 3 rings (SSSR count). The van der Waals surface area contributed by atoms with Crippen LogP contribution in [0.1, 0.15) is 70.0 Å². The molecule has 1 saturated carbocycles. The zero-order valence-electron chi connectivity index (χ0n) is 14.8. The molecule has 1 aliphatic heterocycles. The second-order valence-corrected chi connectivity index (χ2v) is 7.21. The number of aliphatic carboxylic acids is 1. The van der Waals surface area contributed by atoms with E-state index in [4.69, 9.17) is 4.52 Å². The molecule has 1 aromatic rings. The van der Waals surface area contributed by atoms with E-state index in [1.807, 2.05) is 0 Å². The number of amides is 1. The molecule has 2 heterocycles. The van der Waals surface area contributed by atoms with Crippen LogP contribution in [0.4, 0.5) is 0 Å². The van der Waals surface area contributed by atoms with Crippen LogP contribution in [0.2, 0.25) is 0 Å². The van der Waals surface area contributed by atoms with Gasteiger partial charge in [0.05, 0.1) is 0 Å². The van der Waals surface area contributed by atoms with Crippen LogP contribution in [0.25, 0.3) is 0 Å². The predicted octanol–water partition coefficient (Wildman–Crippen LogP) is 2.59. The van der Waals surface area contributed by atoms with Crippen LogP contribution < -0.4 is 0 Å². The second-order valence-electron chi connectivity index (χ2n) is 7.21. The average molecular weight is 349 g/mol. The molecule has 0 radical (unpaired) electrons. The van der Waals surface area contributed by atoms with E-state index >= 15 is 0 Å². The Labute approximate surface area is 147 Å². The van der Waals surface area contributed by atoms with Crippen LogP contribution >= 0.6 is 0 Å². The first-order valence-corrected chi connectivity index (χ1v) is 9.45. The van der Waals surface area contributed by atoms with E-state index in [-0.39, 0.29) is 11.9 Å². The van der Waals surface area contributed by atoms with Crippen molar-refractivity contribution in [2.75, 3.05) is 0 Å². The highest BCUT2D eigenvalue weighted by molar-refractivity contribution is 5.84. The molecule has 1 amide bonds. The lowest BCUT2D eigenvalue weighted by Crippen LogP contribution is -2.46. The molecular weight excluding hydrogens is 322 g/mol. The summed E-state index contributed by atoms with van der Waals surface area (Å²) in [7, 11) is 0. The first-order chi connectivity index (χ1) is 12.1. The zero-order valence-corrected chi connectivity index (χ0v) is 14.8. The average Bonchev–Trinajstić information content (AvgIpc) is 3.19. The molecule has 1 aromatic heterocycles. The summed E-state index contributed by atoms with van der Waals surface area (Å²) in [6.07, 6.45) is 8.06. The highest BCUT2D eigenvalue weighted by Gasteiger charge is 2.47. The Morgan fingerprint density at radius 1 is 1.28 bits per heavy atom. The minimum absolute atomic E-state index is 0.0462. The number of nitrogens with zero attached hydrogens (tertiary/aromatic N) is 3. The van der Waals surface area contributed by atoms with Gasteiger partial charge < -0.3 is 14.5 Å². The van der Waals surface area contributed by atoms with E-state index in [0.717, 1.165) is 38.5 Å². The van der Waals surface area contributed by atoms with E-state index in [1.54, 1.807) is 4.90 Å². The van der Waals surface area contributed by atoms with Gasteiger partial charge in [-0.2, -0.15) is 4.98 Å². The molecule has 3 atom stereocenters. The molecule has 1 saturated heterocycles. The maximum Gasteiger partial charge on any atom is 0.326 e. The number of carbonyl (C=O) groups excluding carboxylic acids is 1. The summed E-state index contributed by atoms with van der Waals surface area (Å²) in [5.74, 6) is 0.702. The summed E-state index contributed by atoms with van der Waals surface area (Å²) in [5, 5.41) is 13.4. The first kappa shape index (κ1) is 17.9. The van der Waals surface area contributed by atoms with E-state index in [9.17, 15) is 14.7 Å². The Kier molecular flexibility index (Phi) is 5.71. The molecule has 0 unspecified atom stereocenters. The van der Waals surface area contributed by atoms with Crippen LogP contribution in [-0.4, -0.2) is 44.1 Å². The third-order valence-corrected chi connectivity index (χ3v) is 5.43. The summed E-state index contributed by atoms with van der Waals surface area (Å²) >= 11 is 0. The summed E-state index contributed by atoms with van der Waals surface area (Å²) in [5.41, 5.74) is 0. The van der Waals surface area contributed by atoms with Crippen molar-refractivity contribution in [3.8, 4) is 0 Å². The van der Waals surface area contributed by atoms with Crippen LogP contribution in [-0.2, 0) is 22.4 Å². The van der Waals surface area contributed by atoms with Gasteiger partial charge in [0.15, 0.2) is 5.82 Å². The van der Waals surface area contributed by atoms with Gasteiger partial charge in [0, 0.05) is 25.3 Å². The van der Waals surface area contributed by atoms with Crippen molar-refractivity contribution in [2.24, 2.45) is 5.92 Å². The van der Waals surface area contributed by atoms with Gasteiger partial charge in [0.2, 0.25) is 11.8 Å². The second kappa shape index (κ2) is 7.97. The monoisotopic (exact) mass is 349 g/mol. The van der Waals surface area contributed by atoms with E-state index in [2.05, 4.69) is 17.1 Å². The third-order valence-electron chi connectivity index (χ3n) is 5.43. The highest BCUT2D eigenvalue weighted by atomic mass is 16.5. The number of fused-ring (bicyclic) bond motifs is 1. The fourth-order valence-electron chi connectivity index (χ4n) is 4.28. The number of carboxylic acid groups (broad SMARTS) is 1. The molecule has 138 valence electrons. The number of hydrogen-bond donors (Lipinski definition) is 1. The van der Waals surface area contributed by atoms with Crippen molar-refractivity contribution in [3.63, 3.8) is 0 Å². The summed E-state index contributed by atoms with van der Waals surface area (Å²) in [4.78, 5) is 30.3. The SMILES string of the molecule is CCCc1noc(CCCC(=O)N2[C@@H]3CCCC[C@H]3C[C@H]2C(=O)O)n1. The van der Waals surface area contributed by atoms with Crippen LogP contribution in [0.3, 0.4) is 0 Å². The molecule has 7 nitrogen and oxygen atoms in total. The smallest absolute Gasteiger partial charge is 0.326 e. The van der Waals surface area contributed by atoms with Crippen LogP contribution in [0.15, 0.2) is 4.52 Å². The number of rotatable bonds is 7. The third kappa shape index (κ3) is 4.02. The van der Waals surface area contributed by atoms with Crippen molar-refractivity contribution in [3.05, 3.63) is 11.7 Å². The molecule has 0 aromatic carbocycles. The number of hydrogen-bond acceptors (Lipinski definition) is 5. The maximum absolute atomic E-state index is 12.7. The molecule has 25 heavy (non-hydrogen) atoms. The maximum atomic E-state index is 12.7. The Morgan fingerprint density at radius 2 is 2.08 bits per heavy atom. The number of aromatic nitrogens is 2. The van der Waals surface area contributed by atoms with Gasteiger partial charge in [-0.3, -0.25) is 4.79 Å². The molecule has 2 aliphatic rings. The minimum atomic E-state index is -0.871. The van der Waals surface area contributed by atoms with Gasteiger partial charge in [-0.25, -0.2) is 4.79 Å². The normalized spacial score (nSPS) is 25.8. The van der Waals surface area contributed by atoms with Crippen molar-refractivity contribution >= 4 is 11.9 Å². The number of likely N-dealkylation sites (tertiary alicyclic amines) is 1. The lowest BCUT2D eigenvalue weighted by Gasteiger charge is -2.33. The lowest BCUT2D eigenvalue weighted by atomic mass is 9.84. The first-order valence-electron chi connectivity index (χ1n) is 9.45. The summed E-state index contributed by atoms with van der Waals surface area (Å²) in [6, 6.07) is -0.540. The molecule has 0 spiro atoms. The van der Waals surface area contributed by atoms with Gasteiger partial charge in [-0.1, -0.05) is 24.9 Å². The van der Waals surface area contributed by atoms with Crippen molar-refractivity contribution in [2.45, 2.75) is 83.2 Å². The molecule has 1 N–H and O–H groups in total. The van der Waals surface area contributed by atoms with Gasteiger partial charge in [0.25, 0.3) is 0 Å². The summed E-state index contributed by atoms with van der Waals surface area (Å²) in [6.45, 7) is 2.06. The fraction of sp³-hybridized carbons (Fsp3) is 0.778. The Bertz CT molecular complexity index is 615. The van der Waals surface area contributed by atoms with Gasteiger partial charge in [-0.15, -0.1) is 0 Å². The topological polar surface area (TPSA) is 96.5 Å². The van der Waals surface area contributed by atoms with Crippen LogP contribution in [0.5, 0.6) is 0 Å². The van der Waals surface area contributed by atoms with Gasteiger partial charge in [-0.05, 0) is 38.0 Å². The van der Waals surface area contributed by atoms with Gasteiger partial charge >= 0.3 is 5.97 Å². The molecule has 2 fully saturated rings. The summed E-state index contributed by atoms with van der Waals surface area (Å²) < 4.78 is 5.19. The highest BCUT2D eigenvalue weighted by Crippen LogP contribution is 2.40. The molecule has 0 bridgehead atoms. The molecule has 1 aliphatic carbocycles. The Balaban J connectivity index is 1.56. The standard InChI is InChI=1S/C18H27N3O4/c1-2-6-15-19-16(25-20-15)9-5-10-17(22)21-13-8-4-3-7-12(13)11-14(21)18(23)24/h12-14H,2-11H2,1H3,(H,23,24)/t12-,13+,14-/m0/s1. The predicted molar refractivity (Wildman–Crippen MR) is 89.9 cm³/mol. The lowest BCUT2D eigenvalue weighted by molar-refractivity contribution is -0.149. The molecular formula is C18H27N3O4. The van der Waals surface area contributed by atoms with E-state index in [1.165, 1.54) is 0 Å². The van der Waals surface area contributed by atoms with Crippen molar-refractivity contribution < 1.29 is 19.2 Å². The number of aryl methyl sites for hydroxylation is 2. The van der Waals surface area contributed by atoms with Crippen molar-refractivity contribution in [1.29, 1.82) is 0 Å². The van der Waals surface area contributed by atoms with E-state index < -0.39 is 12.0 Å². The fourth-order valence-corrected chi connectivity index (χ4v) is 4.28. The minimum Gasteiger partial charge on any atom is -0.480 e. The largest absolute Gasteiger partial charge is 0.480 e. The van der Waals surface area contributed by atoms with Crippen LogP contribution in [0, 0.1) is 5.92 Å².